The van der Waals surface area contributed by atoms with Crippen molar-refractivity contribution in [1.82, 2.24) is 15.2 Å². The fourth-order valence-corrected chi connectivity index (χ4v) is 2.42. The van der Waals surface area contributed by atoms with E-state index < -0.39 is 0 Å². The number of aromatic nitrogens is 1. The van der Waals surface area contributed by atoms with Gasteiger partial charge < -0.3 is 10.2 Å². The summed E-state index contributed by atoms with van der Waals surface area (Å²) < 4.78 is 0. The Hall–Kier alpha value is -1.58. The van der Waals surface area contributed by atoms with Gasteiger partial charge in [-0.25, -0.2) is 0 Å². The quantitative estimate of drug-likeness (QED) is 0.665. The summed E-state index contributed by atoms with van der Waals surface area (Å²) >= 11 is 0. The number of guanidine groups is 1. The minimum absolute atomic E-state index is 0.837. The molecule has 19 heavy (non-hydrogen) atoms. The van der Waals surface area contributed by atoms with Crippen molar-refractivity contribution in [3.05, 3.63) is 29.6 Å². The Kier molecular flexibility index (Phi) is 5.19. The number of aryl methyl sites for hydroxylation is 1. The molecule has 1 aromatic heterocycles. The zero-order valence-electron chi connectivity index (χ0n) is 12.0. The van der Waals surface area contributed by atoms with Crippen LogP contribution in [0.5, 0.6) is 0 Å². The number of pyridine rings is 1. The number of aliphatic imine (C=N–C) groups is 1. The van der Waals surface area contributed by atoms with Gasteiger partial charge in [0.1, 0.15) is 0 Å². The Balaban J connectivity index is 1.93. The average molecular weight is 260 g/mol. The first-order chi connectivity index (χ1) is 9.31. The monoisotopic (exact) mass is 260 g/mol. The summed E-state index contributed by atoms with van der Waals surface area (Å²) in [4.78, 5) is 11.2. The summed E-state index contributed by atoms with van der Waals surface area (Å²) in [6.45, 7) is 8.28. The number of nitrogens with zero attached hydrogens (tertiary/aromatic N) is 3. The third-order valence-electron chi connectivity index (χ3n) is 3.52. The second kappa shape index (κ2) is 7.12. The van der Waals surface area contributed by atoms with Gasteiger partial charge in [0.25, 0.3) is 0 Å². The van der Waals surface area contributed by atoms with Crippen LogP contribution in [0.4, 0.5) is 0 Å². The lowest BCUT2D eigenvalue weighted by molar-refractivity contribution is 0.494. The minimum atomic E-state index is 0.837. The van der Waals surface area contributed by atoms with E-state index in [0.29, 0.717) is 0 Å². The maximum Gasteiger partial charge on any atom is 0.193 e. The molecular weight excluding hydrogens is 236 g/mol. The van der Waals surface area contributed by atoms with E-state index in [9.17, 15) is 0 Å². The lowest BCUT2D eigenvalue weighted by atomic mass is 10.1. The van der Waals surface area contributed by atoms with Crippen molar-refractivity contribution < 1.29 is 0 Å². The molecule has 4 nitrogen and oxygen atoms in total. The second-order valence-electron chi connectivity index (χ2n) is 4.98. The molecule has 0 saturated carbocycles. The van der Waals surface area contributed by atoms with Crippen LogP contribution < -0.4 is 5.32 Å². The molecule has 0 bridgehead atoms. The molecule has 0 amide bonds. The fourth-order valence-electron chi connectivity index (χ4n) is 2.42. The molecule has 0 radical (unpaired) electrons. The highest BCUT2D eigenvalue weighted by molar-refractivity contribution is 5.80. The molecule has 4 heteroatoms. The summed E-state index contributed by atoms with van der Waals surface area (Å²) in [7, 11) is 0. The highest BCUT2D eigenvalue weighted by Crippen LogP contribution is 2.09. The van der Waals surface area contributed by atoms with Crippen LogP contribution in [-0.4, -0.2) is 42.0 Å². The Bertz CT molecular complexity index is 422. The van der Waals surface area contributed by atoms with Gasteiger partial charge >= 0.3 is 0 Å². The fraction of sp³-hybridized carbons (Fsp3) is 0.600. The van der Waals surface area contributed by atoms with Gasteiger partial charge in [-0.05, 0) is 50.3 Å². The highest BCUT2D eigenvalue weighted by Gasteiger charge is 2.15. The van der Waals surface area contributed by atoms with Gasteiger partial charge in [-0.2, -0.15) is 0 Å². The summed E-state index contributed by atoms with van der Waals surface area (Å²) in [5, 5.41) is 3.39. The molecule has 0 spiro atoms. The van der Waals surface area contributed by atoms with Crippen LogP contribution >= 0.6 is 0 Å². The molecule has 2 heterocycles. The zero-order valence-corrected chi connectivity index (χ0v) is 12.0. The van der Waals surface area contributed by atoms with Crippen molar-refractivity contribution in [2.45, 2.75) is 33.1 Å². The summed E-state index contributed by atoms with van der Waals surface area (Å²) in [6.07, 6.45) is 7.33. The molecule has 0 aromatic carbocycles. The topological polar surface area (TPSA) is 40.5 Å². The minimum Gasteiger partial charge on any atom is -0.357 e. The smallest absolute Gasteiger partial charge is 0.193 e. The van der Waals surface area contributed by atoms with Crippen LogP contribution in [-0.2, 0) is 6.42 Å². The van der Waals surface area contributed by atoms with E-state index in [1.54, 1.807) is 0 Å². The first kappa shape index (κ1) is 13.8. The van der Waals surface area contributed by atoms with Crippen molar-refractivity contribution in [2.75, 3.05) is 26.2 Å². The number of hydrogen-bond acceptors (Lipinski definition) is 2. The van der Waals surface area contributed by atoms with E-state index in [2.05, 4.69) is 35.1 Å². The largest absolute Gasteiger partial charge is 0.357 e. The Labute approximate surface area is 115 Å². The van der Waals surface area contributed by atoms with Crippen LogP contribution in [0.25, 0.3) is 0 Å². The molecule has 1 saturated heterocycles. The molecule has 104 valence electrons. The van der Waals surface area contributed by atoms with Gasteiger partial charge in [0.05, 0.1) is 0 Å². The van der Waals surface area contributed by atoms with Gasteiger partial charge in [-0.15, -0.1) is 0 Å². The predicted octanol–water partition coefficient (Wildman–Crippen LogP) is 1.99. The van der Waals surface area contributed by atoms with Crippen molar-refractivity contribution in [3.63, 3.8) is 0 Å². The first-order valence-corrected chi connectivity index (χ1v) is 7.24. The van der Waals surface area contributed by atoms with Crippen LogP contribution in [0, 0.1) is 6.92 Å². The number of rotatable bonds is 4. The number of hydrogen-bond donors (Lipinski definition) is 1. The maximum absolute atomic E-state index is 4.74. The Morgan fingerprint density at radius 3 is 2.89 bits per heavy atom. The average Bonchev–Trinajstić information content (AvgIpc) is 2.94. The lowest BCUT2D eigenvalue weighted by Gasteiger charge is -2.20. The second-order valence-corrected chi connectivity index (χ2v) is 4.98. The van der Waals surface area contributed by atoms with Crippen molar-refractivity contribution in [3.8, 4) is 0 Å². The molecule has 1 N–H and O–H groups in total. The van der Waals surface area contributed by atoms with E-state index in [0.717, 1.165) is 38.6 Å². The zero-order chi connectivity index (χ0) is 13.5. The van der Waals surface area contributed by atoms with Crippen LogP contribution in [0.1, 0.15) is 30.9 Å². The van der Waals surface area contributed by atoms with Gasteiger partial charge in [0.15, 0.2) is 5.96 Å². The standard InChI is InChI=1S/C15H24N4/c1-3-17-15(19-10-4-5-11-19)18-9-7-14-6-8-16-12-13(14)2/h6,8,12H,3-5,7,9-11H2,1-2H3,(H,17,18). The molecule has 2 rings (SSSR count). The third kappa shape index (κ3) is 3.94. The van der Waals surface area contributed by atoms with Crippen molar-refractivity contribution in [2.24, 2.45) is 4.99 Å². The molecular formula is C15H24N4. The molecule has 1 aliphatic heterocycles. The molecule has 1 fully saturated rings. The van der Waals surface area contributed by atoms with Crippen LogP contribution in [0.2, 0.25) is 0 Å². The summed E-state index contributed by atoms with van der Waals surface area (Å²) in [5.74, 6) is 1.08. The Morgan fingerprint density at radius 2 is 2.21 bits per heavy atom. The van der Waals surface area contributed by atoms with E-state index in [1.165, 1.54) is 24.0 Å². The number of likely N-dealkylation sites (tertiary alicyclic amines) is 1. The Morgan fingerprint density at radius 1 is 1.42 bits per heavy atom. The van der Waals surface area contributed by atoms with E-state index >= 15 is 0 Å². The molecule has 0 atom stereocenters. The molecule has 0 aliphatic carbocycles. The lowest BCUT2D eigenvalue weighted by Crippen LogP contribution is -2.39. The summed E-state index contributed by atoms with van der Waals surface area (Å²) in [6, 6.07) is 2.09. The van der Waals surface area contributed by atoms with Gasteiger partial charge in [0, 0.05) is 38.6 Å². The van der Waals surface area contributed by atoms with Crippen molar-refractivity contribution >= 4 is 5.96 Å². The normalized spacial score (nSPS) is 15.9. The predicted molar refractivity (Wildman–Crippen MR) is 79.5 cm³/mol. The maximum atomic E-state index is 4.74. The van der Waals surface area contributed by atoms with Gasteiger partial charge in [-0.3, -0.25) is 9.98 Å². The van der Waals surface area contributed by atoms with Gasteiger partial charge in [-0.1, -0.05) is 0 Å². The third-order valence-corrected chi connectivity index (χ3v) is 3.52. The molecule has 1 aliphatic rings. The van der Waals surface area contributed by atoms with E-state index in [1.807, 2.05) is 12.4 Å². The van der Waals surface area contributed by atoms with Crippen LogP contribution in [0.15, 0.2) is 23.5 Å². The van der Waals surface area contributed by atoms with Crippen LogP contribution in [0.3, 0.4) is 0 Å². The highest BCUT2D eigenvalue weighted by atomic mass is 15.3. The molecule has 1 aromatic rings. The SMILES string of the molecule is CCNC(=NCCc1ccncc1C)N1CCCC1. The number of nitrogens with one attached hydrogen (secondary N) is 1. The van der Waals surface area contributed by atoms with Gasteiger partial charge in [0.2, 0.25) is 0 Å². The molecule has 0 unspecified atom stereocenters. The van der Waals surface area contributed by atoms with E-state index in [-0.39, 0.29) is 0 Å². The first-order valence-electron chi connectivity index (χ1n) is 7.24. The summed E-state index contributed by atoms with van der Waals surface area (Å²) in [5.41, 5.74) is 2.60. The van der Waals surface area contributed by atoms with E-state index in [4.69, 9.17) is 4.99 Å². The van der Waals surface area contributed by atoms with Crippen molar-refractivity contribution in [1.29, 1.82) is 0 Å².